The van der Waals surface area contributed by atoms with Crippen molar-refractivity contribution in [2.45, 2.75) is 117 Å². The molecule has 2 aromatic carbocycles. The number of methoxy groups -OCH3 is 1. The molecule has 0 saturated carbocycles. The Kier molecular flexibility index (Phi) is 14.5. The molecule has 6 bridgehead atoms. The summed E-state index contributed by atoms with van der Waals surface area (Å²) in [5, 5.41) is 16.7. The highest BCUT2D eigenvalue weighted by molar-refractivity contribution is 5.96. The van der Waals surface area contributed by atoms with E-state index in [2.05, 4.69) is 53.2 Å². The number of carbonyl (C=O) groups excluding carboxylic acids is 5. The lowest BCUT2D eigenvalue weighted by Crippen LogP contribution is -2.62. The van der Waals surface area contributed by atoms with Crippen LogP contribution in [0.25, 0.3) is 33.3 Å². The lowest BCUT2D eigenvalue weighted by atomic mass is 9.84. The maximum atomic E-state index is 14.7. The van der Waals surface area contributed by atoms with Gasteiger partial charge < -0.3 is 40.0 Å². The maximum Gasteiger partial charge on any atom is 0.324 e. The van der Waals surface area contributed by atoms with Crippen molar-refractivity contribution in [2.24, 2.45) is 23.0 Å². The monoisotopic (exact) mass is 921 g/mol. The van der Waals surface area contributed by atoms with Crippen molar-refractivity contribution >= 4 is 40.5 Å². The van der Waals surface area contributed by atoms with Crippen LogP contribution in [0.4, 0.5) is 0 Å². The van der Waals surface area contributed by atoms with E-state index in [0.29, 0.717) is 56.5 Å². The number of fused-ring (bicyclic) bond motifs is 6. The molecule has 67 heavy (non-hydrogen) atoms. The van der Waals surface area contributed by atoms with Crippen molar-refractivity contribution in [1.82, 2.24) is 35.1 Å². The summed E-state index contributed by atoms with van der Waals surface area (Å²) in [7, 11) is 3.25. The van der Waals surface area contributed by atoms with Crippen molar-refractivity contribution in [3.63, 3.8) is 0 Å². The minimum Gasteiger partial charge on any atom is -0.508 e. The first-order valence-electron chi connectivity index (χ1n) is 23.5. The number of likely N-dealkylation sites (N-methyl/N-ethyl adjacent to an activating group) is 1. The number of nitrogens with two attached hydrogens (primary N) is 1. The third kappa shape index (κ3) is 10.5. The average molecular weight is 921 g/mol. The highest BCUT2D eigenvalue weighted by Gasteiger charge is 2.41. The molecule has 0 radical (unpaired) electrons. The number of hydrazine groups is 1. The van der Waals surface area contributed by atoms with Crippen molar-refractivity contribution < 1.29 is 38.6 Å². The summed E-state index contributed by atoms with van der Waals surface area (Å²) in [4.78, 5) is 77.8. The van der Waals surface area contributed by atoms with Gasteiger partial charge in [-0.25, -0.2) is 5.43 Å². The summed E-state index contributed by atoms with van der Waals surface area (Å²) in [6.45, 7) is 15.2. The zero-order chi connectivity index (χ0) is 48.5. The van der Waals surface area contributed by atoms with E-state index in [0.717, 1.165) is 38.9 Å². The van der Waals surface area contributed by atoms with E-state index in [1.54, 1.807) is 51.2 Å². The molecular weight excluding hydrogens is 853 g/mol. The van der Waals surface area contributed by atoms with Crippen LogP contribution in [-0.4, -0.2) is 123 Å². The molecule has 4 aromatic rings. The number of aromatic hydroxyl groups is 1. The molecule has 3 aliphatic heterocycles. The fourth-order valence-corrected chi connectivity index (χ4v) is 10.1. The Morgan fingerprint density at radius 3 is 2.55 bits per heavy atom. The molecule has 0 spiro atoms. The molecule has 16 nitrogen and oxygen atoms in total. The third-order valence-corrected chi connectivity index (χ3v) is 13.4. The molecular formula is C51H68N8O8. The number of phenols is 1. The van der Waals surface area contributed by atoms with Gasteiger partial charge in [0.2, 0.25) is 17.7 Å². The second-order valence-corrected chi connectivity index (χ2v) is 20.3. The standard InChI is InChI=1S/C51H68N8O8/c1-10-58-42-14-13-32-24-37(42)38(44(58)39-26-53-17-15-34(39)28-66-9)25-50(4,5)29-67-48(64)40-12-11-18-59(55-40)47(63)41(22-31-20-35(32)23-36(60)21-31)54-45(61)43(30(2)3)56(8)46(62)33-16-19-57(27-33)49(65)51(6,7)52/h13-15,17,20-21,23-24,26,30,33,40-41,43,55,60H,10-12,16,18-19,22,25,27-29,52H2,1-9H3,(H,54,61)/t33-,40-,41-,43?/m0/s1. The van der Waals surface area contributed by atoms with Gasteiger partial charge in [0, 0.05) is 81.0 Å². The number of nitrogens with zero attached hydrogens (tertiary/aromatic N) is 5. The predicted octanol–water partition coefficient (Wildman–Crippen LogP) is 4.96. The molecule has 2 saturated heterocycles. The number of cyclic esters (lactones) is 1. The van der Waals surface area contributed by atoms with Crippen LogP contribution < -0.4 is 16.5 Å². The average Bonchev–Trinajstić information content (AvgIpc) is 3.89. The highest BCUT2D eigenvalue weighted by Crippen LogP contribution is 2.41. The van der Waals surface area contributed by atoms with Crippen molar-refractivity contribution in [2.75, 3.05) is 40.4 Å². The maximum absolute atomic E-state index is 14.7. The molecule has 0 aliphatic carbocycles. The number of hydrogen-bond acceptors (Lipinski definition) is 11. The lowest BCUT2D eigenvalue weighted by Gasteiger charge is -2.37. The lowest BCUT2D eigenvalue weighted by molar-refractivity contribution is -0.155. The summed E-state index contributed by atoms with van der Waals surface area (Å²) in [5.41, 5.74) is 14.7. The number of phenolic OH excluding ortho intramolecular Hbond substituents is 1. The predicted molar refractivity (Wildman–Crippen MR) is 255 cm³/mol. The second-order valence-electron chi connectivity index (χ2n) is 20.3. The molecule has 16 heteroatoms. The van der Waals surface area contributed by atoms with Crippen LogP contribution in [0.5, 0.6) is 5.75 Å². The van der Waals surface area contributed by atoms with E-state index in [-0.39, 0.29) is 49.6 Å². The Labute approximate surface area is 393 Å². The SMILES string of the molecule is CCn1c(-c2cnccc2COC)c2c3cc(ccc31)-c1cc(O)cc(c1)C[C@H](NC(=O)C(C(C)C)N(C)C(=O)[C@H]1CCN(C(=O)C(C)(C)N)C1)C(=O)N1CCC[C@H](N1)C(=O)OCC(C)(C)C2. The van der Waals surface area contributed by atoms with Gasteiger partial charge in [0.05, 0.1) is 30.4 Å². The van der Waals surface area contributed by atoms with Gasteiger partial charge in [-0.2, -0.15) is 0 Å². The molecule has 360 valence electrons. The minimum absolute atomic E-state index is 0.0151. The number of aromatic nitrogens is 2. The molecule has 4 atom stereocenters. The van der Waals surface area contributed by atoms with Crippen molar-refractivity contribution in [3.05, 3.63) is 71.5 Å². The van der Waals surface area contributed by atoms with Crippen LogP contribution in [0.1, 0.15) is 84.4 Å². The Hall–Kier alpha value is -5.84. The summed E-state index contributed by atoms with van der Waals surface area (Å²) in [5.74, 6) is -2.94. The summed E-state index contributed by atoms with van der Waals surface area (Å²) in [6, 6.07) is 10.4. The van der Waals surface area contributed by atoms with Gasteiger partial charge in [0.25, 0.3) is 5.91 Å². The first kappa shape index (κ1) is 49.1. The second kappa shape index (κ2) is 19.8. The van der Waals surface area contributed by atoms with E-state index in [1.807, 2.05) is 38.2 Å². The van der Waals surface area contributed by atoms with E-state index in [4.69, 9.17) is 15.2 Å². The smallest absolute Gasteiger partial charge is 0.324 e. The number of hydrogen-bond donors (Lipinski definition) is 4. The third-order valence-electron chi connectivity index (χ3n) is 13.4. The van der Waals surface area contributed by atoms with Crippen LogP contribution >= 0.6 is 0 Å². The zero-order valence-corrected chi connectivity index (χ0v) is 40.5. The van der Waals surface area contributed by atoms with Crippen molar-refractivity contribution in [3.8, 4) is 28.1 Å². The number of nitrogens with one attached hydrogen (secondary N) is 2. The van der Waals surface area contributed by atoms with E-state index in [9.17, 15) is 29.1 Å². The number of pyridine rings is 1. The van der Waals surface area contributed by atoms with Crippen molar-refractivity contribution in [1.29, 1.82) is 0 Å². The van der Waals surface area contributed by atoms with Crippen LogP contribution in [0, 0.1) is 17.3 Å². The van der Waals surface area contributed by atoms with Gasteiger partial charge in [0.15, 0.2) is 0 Å². The van der Waals surface area contributed by atoms with Crippen LogP contribution in [0.3, 0.4) is 0 Å². The fraction of sp³-hybridized carbons (Fsp3) is 0.529. The van der Waals surface area contributed by atoms with Gasteiger partial charge in [-0.05, 0) is 111 Å². The molecule has 5 N–H and O–H groups in total. The van der Waals surface area contributed by atoms with Gasteiger partial charge in [0.1, 0.15) is 23.9 Å². The number of rotatable bonds is 10. The number of ether oxygens (including phenoxy) is 2. The van der Waals surface area contributed by atoms with Crippen LogP contribution in [0.15, 0.2) is 54.9 Å². The number of carbonyl (C=O) groups is 5. The molecule has 5 heterocycles. The Morgan fingerprint density at radius 1 is 1.09 bits per heavy atom. The van der Waals surface area contributed by atoms with Gasteiger partial charge in [-0.3, -0.25) is 34.0 Å². The molecule has 2 aromatic heterocycles. The molecule has 2 fully saturated rings. The Morgan fingerprint density at radius 2 is 1.85 bits per heavy atom. The van der Waals surface area contributed by atoms with Gasteiger partial charge in [-0.1, -0.05) is 39.8 Å². The first-order valence-corrected chi connectivity index (χ1v) is 23.5. The number of amides is 4. The number of likely N-dealkylation sites (tertiary alicyclic amines) is 1. The Balaban J connectivity index is 1.28. The molecule has 7 rings (SSSR count). The van der Waals surface area contributed by atoms with Gasteiger partial charge in [-0.15, -0.1) is 0 Å². The summed E-state index contributed by atoms with van der Waals surface area (Å²) in [6.07, 6.45) is 5.53. The largest absolute Gasteiger partial charge is 0.508 e. The summed E-state index contributed by atoms with van der Waals surface area (Å²) >= 11 is 0. The summed E-state index contributed by atoms with van der Waals surface area (Å²) < 4.78 is 14.0. The van der Waals surface area contributed by atoms with Crippen LogP contribution in [-0.2, 0) is 59.4 Å². The first-order chi connectivity index (χ1) is 31.7. The topological polar surface area (TPSA) is 202 Å². The quantitative estimate of drug-likeness (QED) is 0.157. The molecule has 3 aliphatic rings. The van der Waals surface area contributed by atoms with E-state index >= 15 is 0 Å². The van der Waals surface area contributed by atoms with E-state index in [1.165, 1.54) is 9.91 Å². The minimum atomic E-state index is -1.17. The van der Waals surface area contributed by atoms with Gasteiger partial charge >= 0.3 is 5.97 Å². The van der Waals surface area contributed by atoms with Crippen LogP contribution in [0.2, 0.25) is 0 Å². The highest BCUT2D eigenvalue weighted by atomic mass is 16.5. The molecule has 4 amide bonds. The van der Waals surface area contributed by atoms with E-state index < -0.39 is 52.8 Å². The fourth-order valence-electron chi connectivity index (χ4n) is 10.1. The Bertz CT molecular complexity index is 2530. The number of aryl methyl sites for hydroxylation is 1. The zero-order valence-electron chi connectivity index (χ0n) is 40.5. The molecule has 1 unspecified atom stereocenters. The number of benzene rings is 2. The number of esters is 1. The normalized spacial score (nSPS) is 20.7.